The first kappa shape index (κ1) is 9.71. The number of rotatable bonds is 1. The van der Waals surface area contributed by atoms with Crippen LogP contribution in [0.2, 0.25) is 0 Å². The summed E-state index contributed by atoms with van der Waals surface area (Å²) in [6.07, 6.45) is 0. The molecule has 0 heterocycles. The summed E-state index contributed by atoms with van der Waals surface area (Å²) in [4.78, 5) is 11.1. The monoisotopic (exact) mass is 274 g/mol. The van der Waals surface area contributed by atoms with E-state index in [-0.39, 0.29) is 5.78 Å². The van der Waals surface area contributed by atoms with E-state index in [1.54, 1.807) is 6.92 Å². The molecule has 64 valence electrons. The summed E-state index contributed by atoms with van der Waals surface area (Å²) < 4.78 is 1.22. The zero-order valence-electron chi connectivity index (χ0n) is 7.44. The predicted molar refractivity (Wildman–Crippen MR) is 58.6 cm³/mol. The third-order valence-electron chi connectivity index (χ3n) is 1.88. The van der Waals surface area contributed by atoms with Gasteiger partial charge in [-0.2, -0.15) is 0 Å². The van der Waals surface area contributed by atoms with E-state index in [2.05, 4.69) is 22.6 Å². The lowest BCUT2D eigenvalue weighted by Gasteiger charge is -2.05. The molecule has 1 rings (SSSR count). The zero-order valence-corrected chi connectivity index (χ0v) is 9.60. The third kappa shape index (κ3) is 1.86. The highest BCUT2D eigenvalue weighted by Crippen LogP contribution is 2.17. The Labute approximate surface area is 86.3 Å². The van der Waals surface area contributed by atoms with Crippen LogP contribution in [-0.2, 0) is 0 Å². The Hall–Kier alpha value is -0.380. The number of carbonyl (C=O) groups excluding carboxylic acids is 1. The molecule has 0 aliphatic carbocycles. The fourth-order valence-corrected chi connectivity index (χ4v) is 1.78. The van der Waals surface area contributed by atoms with Crippen molar-refractivity contribution in [2.75, 3.05) is 0 Å². The molecule has 0 atom stereocenters. The van der Waals surface area contributed by atoms with E-state index in [1.807, 2.05) is 26.0 Å². The molecule has 0 amide bonds. The molecule has 0 aliphatic rings. The van der Waals surface area contributed by atoms with E-state index in [4.69, 9.17) is 0 Å². The number of hydrogen-bond acceptors (Lipinski definition) is 1. The summed E-state index contributed by atoms with van der Waals surface area (Å²) in [5, 5.41) is 0. The van der Waals surface area contributed by atoms with Crippen LogP contribution in [0.3, 0.4) is 0 Å². The van der Waals surface area contributed by atoms with Crippen LogP contribution in [-0.4, -0.2) is 5.78 Å². The lowest BCUT2D eigenvalue weighted by molar-refractivity contribution is 0.101. The molecule has 0 N–H and O–H groups in total. The summed E-state index contributed by atoms with van der Waals surface area (Å²) in [7, 11) is 0. The zero-order chi connectivity index (χ0) is 9.30. The molecule has 12 heavy (non-hydrogen) atoms. The summed E-state index contributed by atoms with van der Waals surface area (Å²) in [5.74, 6) is 0.145. The first-order valence-electron chi connectivity index (χ1n) is 3.80. The van der Waals surface area contributed by atoms with Crippen LogP contribution < -0.4 is 0 Å². The van der Waals surface area contributed by atoms with Crippen LogP contribution in [0.25, 0.3) is 0 Å². The van der Waals surface area contributed by atoms with E-state index in [0.717, 1.165) is 11.1 Å². The lowest BCUT2D eigenvalue weighted by Crippen LogP contribution is -1.97. The smallest absolute Gasteiger partial charge is 0.160 e. The van der Waals surface area contributed by atoms with E-state index < -0.39 is 0 Å². The number of aryl methyl sites for hydroxylation is 2. The maximum Gasteiger partial charge on any atom is 0.160 e. The van der Waals surface area contributed by atoms with Gasteiger partial charge in [0.1, 0.15) is 0 Å². The summed E-state index contributed by atoms with van der Waals surface area (Å²) >= 11 is 2.28. The average Bonchev–Trinajstić information content (AvgIpc) is 1.96. The molecule has 0 saturated heterocycles. The minimum Gasteiger partial charge on any atom is -0.295 e. The van der Waals surface area contributed by atoms with Crippen molar-refractivity contribution in [3.8, 4) is 0 Å². The quantitative estimate of drug-likeness (QED) is 0.568. The standard InChI is InChI=1S/C10H11IO/c1-6-5-10(11)7(2)4-9(6)8(3)12/h4-5H,1-3H3. The Balaban J connectivity index is 3.33. The molecular formula is C10H11IO. The Morgan fingerprint density at radius 1 is 1.25 bits per heavy atom. The summed E-state index contributed by atoms with van der Waals surface area (Å²) in [6.45, 7) is 5.60. The van der Waals surface area contributed by atoms with Crippen molar-refractivity contribution < 1.29 is 4.79 Å². The van der Waals surface area contributed by atoms with Crippen LogP contribution in [0.15, 0.2) is 12.1 Å². The SMILES string of the molecule is CC(=O)c1cc(C)c(I)cc1C. The maximum atomic E-state index is 11.1. The number of benzene rings is 1. The molecule has 1 aromatic carbocycles. The summed E-state index contributed by atoms with van der Waals surface area (Å²) in [5.41, 5.74) is 3.08. The molecule has 0 bridgehead atoms. The Morgan fingerprint density at radius 2 is 1.83 bits per heavy atom. The number of carbonyl (C=O) groups is 1. The molecule has 0 aliphatic heterocycles. The van der Waals surface area contributed by atoms with Gasteiger partial charge in [0.25, 0.3) is 0 Å². The van der Waals surface area contributed by atoms with Gasteiger partial charge in [-0.05, 0) is 66.6 Å². The molecule has 1 aromatic rings. The van der Waals surface area contributed by atoms with Gasteiger partial charge in [0, 0.05) is 9.13 Å². The van der Waals surface area contributed by atoms with Gasteiger partial charge in [-0.25, -0.2) is 0 Å². The fourth-order valence-electron chi connectivity index (χ4n) is 1.16. The van der Waals surface area contributed by atoms with Crippen LogP contribution in [0.4, 0.5) is 0 Å². The second-order valence-corrected chi connectivity index (χ2v) is 4.13. The average molecular weight is 274 g/mol. The normalized spacial score (nSPS) is 10.0. The Bertz CT molecular complexity index is 329. The van der Waals surface area contributed by atoms with E-state index >= 15 is 0 Å². The largest absolute Gasteiger partial charge is 0.295 e. The van der Waals surface area contributed by atoms with E-state index in [9.17, 15) is 4.79 Å². The molecule has 0 spiro atoms. The molecule has 0 saturated carbocycles. The van der Waals surface area contributed by atoms with Crippen LogP contribution in [0, 0.1) is 17.4 Å². The van der Waals surface area contributed by atoms with Gasteiger partial charge < -0.3 is 0 Å². The van der Waals surface area contributed by atoms with Gasteiger partial charge in [0.15, 0.2) is 5.78 Å². The first-order chi connectivity index (χ1) is 5.52. The molecule has 1 nitrogen and oxygen atoms in total. The first-order valence-corrected chi connectivity index (χ1v) is 4.88. The fraction of sp³-hybridized carbons (Fsp3) is 0.300. The molecule has 2 heteroatoms. The van der Waals surface area contributed by atoms with Crippen LogP contribution in [0.1, 0.15) is 28.4 Å². The maximum absolute atomic E-state index is 11.1. The van der Waals surface area contributed by atoms with Crippen molar-refractivity contribution in [1.29, 1.82) is 0 Å². The van der Waals surface area contributed by atoms with Crippen LogP contribution >= 0.6 is 22.6 Å². The number of Topliss-reactive ketones (excluding diaryl/α,β-unsaturated/α-hetero) is 1. The lowest BCUT2D eigenvalue weighted by atomic mass is 10.0. The number of ketones is 1. The van der Waals surface area contributed by atoms with Gasteiger partial charge >= 0.3 is 0 Å². The highest BCUT2D eigenvalue weighted by atomic mass is 127. The second kappa shape index (κ2) is 3.56. The Morgan fingerprint density at radius 3 is 2.33 bits per heavy atom. The van der Waals surface area contributed by atoms with Gasteiger partial charge in [-0.3, -0.25) is 4.79 Å². The molecule has 0 radical (unpaired) electrons. The minimum atomic E-state index is 0.145. The van der Waals surface area contributed by atoms with Crippen molar-refractivity contribution in [2.45, 2.75) is 20.8 Å². The summed E-state index contributed by atoms with van der Waals surface area (Å²) in [6, 6.07) is 4.01. The van der Waals surface area contributed by atoms with Gasteiger partial charge in [0.05, 0.1) is 0 Å². The van der Waals surface area contributed by atoms with Crippen molar-refractivity contribution in [2.24, 2.45) is 0 Å². The molecule has 0 unspecified atom stereocenters. The van der Waals surface area contributed by atoms with Crippen molar-refractivity contribution in [3.05, 3.63) is 32.4 Å². The molecular weight excluding hydrogens is 263 g/mol. The van der Waals surface area contributed by atoms with Crippen molar-refractivity contribution in [1.82, 2.24) is 0 Å². The van der Waals surface area contributed by atoms with E-state index in [1.165, 1.54) is 9.13 Å². The van der Waals surface area contributed by atoms with Crippen LogP contribution in [0.5, 0.6) is 0 Å². The van der Waals surface area contributed by atoms with Gasteiger partial charge in [-0.1, -0.05) is 0 Å². The number of hydrogen-bond donors (Lipinski definition) is 0. The highest BCUT2D eigenvalue weighted by Gasteiger charge is 2.05. The van der Waals surface area contributed by atoms with E-state index in [0.29, 0.717) is 0 Å². The number of halogens is 1. The topological polar surface area (TPSA) is 17.1 Å². The highest BCUT2D eigenvalue weighted by molar-refractivity contribution is 14.1. The predicted octanol–water partition coefficient (Wildman–Crippen LogP) is 3.11. The van der Waals surface area contributed by atoms with Gasteiger partial charge in [-0.15, -0.1) is 0 Å². The minimum absolute atomic E-state index is 0.145. The third-order valence-corrected chi connectivity index (χ3v) is 3.05. The second-order valence-electron chi connectivity index (χ2n) is 2.97. The van der Waals surface area contributed by atoms with Gasteiger partial charge in [0.2, 0.25) is 0 Å². The Kier molecular flexibility index (Phi) is 2.88. The molecule has 0 aromatic heterocycles. The molecule has 0 fully saturated rings. The van der Waals surface area contributed by atoms with Crippen molar-refractivity contribution in [3.63, 3.8) is 0 Å². The van der Waals surface area contributed by atoms with Crippen molar-refractivity contribution >= 4 is 28.4 Å².